The minimum absolute atomic E-state index is 0.00813. The van der Waals surface area contributed by atoms with E-state index in [-0.39, 0.29) is 11.6 Å². The first kappa shape index (κ1) is 11.8. The molecule has 7 nitrogen and oxygen atoms in total. The van der Waals surface area contributed by atoms with Gasteiger partial charge in [-0.05, 0) is 11.3 Å². The number of aromatic nitrogens is 1. The summed E-state index contributed by atoms with van der Waals surface area (Å²) in [5.74, 6) is 0. The molecule has 1 heterocycles. The zero-order valence-electron chi connectivity index (χ0n) is 7.88. The second kappa shape index (κ2) is 6.27. The number of hydrogen-bond acceptors (Lipinski definition) is 7. The molecule has 0 aliphatic heterocycles. The predicted molar refractivity (Wildman–Crippen MR) is 55.2 cm³/mol. The van der Waals surface area contributed by atoms with Crippen molar-refractivity contribution in [2.24, 2.45) is 0 Å². The zero-order valence-corrected chi connectivity index (χ0v) is 8.70. The molecule has 0 saturated carbocycles. The van der Waals surface area contributed by atoms with Gasteiger partial charge in [-0.15, -0.1) is 0 Å². The van der Waals surface area contributed by atoms with Gasteiger partial charge in [-0.3, -0.25) is 10.1 Å². The third kappa shape index (κ3) is 4.19. The van der Waals surface area contributed by atoms with Gasteiger partial charge in [0.1, 0.15) is 6.20 Å². The van der Waals surface area contributed by atoms with Crippen LogP contribution >= 0.6 is 11.3 Å². The molecular formula is C7H11N3O4S. The Morgan fingerprint density at radius 3 is 3.07 bits per heavy atom. The van der Waals surface area contributed by atoms with E-state index < -0.39 is 4.92 Å². The highest BCUT2D eigenvalue weighted by atomic mass is 32.1. The van der Waals surface area contributed by atoms with Crippen molar-refractivity contribution < 1.29 is 14.8 Å². The fraction of sp³-hybridized carbons (Fsp3) is 0.571. The largest absolute Gasteiger partial charge is 0.394 e. The molecule has 0 bridgehead atoms. The van der Waals surface area contributed by atoms with Crippen LogP contribution in [0.15, 0.2) is 6.20 Å². The van der Waals surface area contributed by atoms with Gasteiger partial charge in [0.2, 0.25) is 0 Å². The molecule has 0 amide bonds. The number of aliphatic hydroxyl groups is 1. The number of aliphatic hydroxyl groups excluding tert-OH is 1. The Morgan fingerprint density at radius 1 is 1.67 bits per heavy atom. The summed E-state index contributed by atoms with van der Waals surface area (Å²) in [6.45, 7) is 1.21. The standard InChI is InChI=1S/C7H11N3O4S/c11-2-4-14-3-1-8-7-9-5-6(15-7)10(12)13/h5,11H,1-4H2,(H,8,9). The number of rotatable bonds is 7. The molecule has 0 aliphatic rings. The van der Waals surface area contributed by atoms with Crippen LogP contribution in [-0.4, -0.2) is 41.4 Å². The fourth-order valence-corrected chi connectivity index (χ4v) is 1.49. The van der Waals surface area contributed by atoms with Crippen LogP contribution in [0.25, 0.3) is 0 Å². The molecule has 1 rings (SSSR count). The number of nitrogens with one attached hydrogen (secondary N) is 1. The zero-order chi connectivity index (χ0) is 11.1. The number of nitro groups is 1. The first-order valence-electron chi connectivity index (χ1n) is 4.26. The van der Waals surface area contributed by atoms with Crippen molar-refractivity contribution in [2.45, 2.75) is 0 Å². The van der Waals surface area contributed by atoms with E-state index in [0.717, 1.165) is 11.3 Å². The summed E-state index contributed by atoms with van der Waals surface area (Å²) in [6, 6.07) is 0. The van der Waals surface area contributed by atoms with E-state index in [1.54, 1.807) is 0 Å². The average Bonchev–Trinajstić information content (AvgIpc) is 2.66. The lowest BCUT2D eigenvalue weighted by Gasteiger charge is -2.02. The van der Waals surface area contributed by atoms with Crippen molar-refractivity contribution in [1.82, 2.24) is 4.98 Å². The quantitative estimate of drug-likeness (QED) is 0.403. The first-order valence-corrected chi connectivity index (χ1v) is 5.08. The summed E-state index contributed by atoms with van der Waals surface area (Å²) in [5, 5.41) is 22.1. The highest BCUT2D eigenvalue weighted by molar-refractivity contribution is 7.18. The number of hydrogen-bond donors (Lipinski definition) is 2. The summed E-state index contributed by atoms with van der Waals surface area (Å²) in [7, 11) is 0. The highest BCUT2D eigenvalue weighted by Crippen LogP contribution is 2.24. The van der Waals surface area contributed by atoms with E-state index in [1.807, 2.05) is 0 Å². The average molecular weight is 233 g/mol. The second-order valence-electron chi connectivity index (χ2n) is 2.52. The third-order valence-corrected chi connectivity index (χ3v) is 2.34. The van der Waals surface area contributed by atoms with E-state index in [4.69, 9.17) is 9.84 Å². The molecule has 0 aliphatic carbocycles. The van der Waals surface area contributed by atoms with Crippen LogP contribution in [0.2, 0.25) is 0 Å². The van der Waals surface area contributed by atoms with Crippen molar-refractivity contribution >= 4 is 21.5 Å². The molecule has 0 radical (unpaired) electrons. The van der Waals surface area contributed by atoms with Crippen molar-refractivity contribution in [3.05, 3.63) is 16.3 Å². The maximum absolute atomic E-state index is 10.3. The molecule has 0 fully saturated rings. The van der Waals surface area contributed by atoms with E-state index in [1.165, 1.54) is 6.20 Å². The summed E-state index contributed by atoms with van der Waals surface area (Å²) in [6.07, 6.45) is 1.21. The molecule has 15 heavy (non-hydrogen) atoms. The van der Waals surface area contributed by atoms with E-state index >= 15 is 0 Å². The van der Waals surface area contributed by atoms with Gasteiger partial charge in [-0.25, -0.2) is 4.98 Å². The Kier molecular flexibility index (Phi) is 4.95. The molecule has 1 aromatic heterocycles. The lowest BCUT2D eigenvalue weighted by atomic mass is 10.7. The summed E-state index contributed by atoms with van der Waals surface area (Å²) in [4.78, 5) is 13.7. The van der Waals surface area contributed by atoms with Crippen LogP contribution in [0.4, 0.5) is 10.1 Å². The van der Waals surface area contributed by atoms with Crippen LogP contribution in [0.3, 0.4) is 0 Å². The first-order chi connectivity index (χ1) is 7.24. The number of ether oxygens (including phenoxy) is 1. The second-order valence-corrected chi connectivity index (χ2v) is 3.53. The Balaban J connectivity index is 2.23. The Labute approximate surface area is 89.9 Å². The Hall–Kier alpha value is -1.25. The van der Waals surface area contributed by atoms with Gasteiger partial charge in [-0.2, -0.15) is 0 Å². The van der Waals surface area contributed by atoms with Crippen LogP contribution < -0.4 is 5.32 Å². The van der Waals surface area contributed by atoms with Gasteiger partial charge in [0, 0.05) is 6.54 Å². The topological polar surface area (TPSA) is 97.5 Å². The third-order valence-electron chi connectivity index (χ3n) is 1.43. The molecule has 0 atom stereocenters. The summed E-state index contributed by atoms with van der Waals surface area (Å²) < 4.78 is 4.99. The van der Waals surface area contributed by atoms with Crippen molar-refractivity contribution in [1.29, 1.82) is 0 Å². The Bertz CT molecular complexity index is 317. The maximum atomic E-state index is 10.3. The van der Waals surface area contributed by atoms with Crippen LogP contribution in [0.5, 0.6) is 0 Å². The number of nitrogens with zero attached hydrogens (tertiary/aromatic N) is 2. The van der Waals surface area contributed by atoms with Gasteiger partial charge in [0.05, 0.1) is 24.7 Å². The van der Waals surface area contributed by atoms with Gasteiger partial charge in [0.25, 0.3) is 0 Å². The van der Waals surface area contributed by atoms with Crippen LogP contribution in [0, 0.1) is 10.1 Å². The number of thiazole rings is 1. The molecule has 1 aromatic rings. The van der Waals surface area contributed by atoms with Crippen LogP contribution in [0.1, 0.15) is 0 Å². The summed E-state index contributed by atoms with van der Waals surface area (Å²) in [5.41, 5.74) is 0. The van der Waals surface area contributed by atoms with Crippen molar-refractivity contribution in [3.63, 3.8) is 0 Å². The SMILES string of the molecule is O=[N+]([O-])c1cnc(NCCOCCO)s1. The smallest absolute Gasteiger partial charge is 0.345 e. The minimum Gasteiger partial charge on any atom is -0.394 e. The van der Waals surface area contributed by atoms with Gasteiger partial charge >= 0.3 is 5.00 Å². The lowest BCUT2D eigenvalue weighted by Crippen LogP contribution is -2.10. The van der Waals surface area contributed by atoms with Gasteiger partial charge in [0.15, 0.2) is 5.13 Å². The molecule has 2 N–H and O–H groups in total. The highest BCUT2D eigenvalue weighted by Gasteiger charge is 2.10. The van der Waals surface area contributed by atoms with Crippen molar-refractivity contribution in [3.8, 4) is 0 Å². The summed E-state index contributed by atoms with van der Waals surface area (Å²) >= 11 is 0.979. The van der Waals surface area contributed by atoms with Gasteiger partial charge in [-0.1, -0.05) is 0 Å². The van der Waals surface area contributed by atoms with Gasteiger partial charge < -0.3 is 15.2 Å². The number of anilines is 1. The van der Waals surface area contributed by atoms with Crippen molar-refractivity contribution in [2.75, 3.05) is 31.7 Å². The normalized spacial score (nSPS) is 10.2. The monoisotopic (exact) mass is 233 g/mol. The molecular weight excluding hydrogens is 222 g/mol. The Morgan fingerprint density at radius 2 is 2.47 bits per heavy atom. The van der Waals surface area contributed by atoms with Crippen LogP contribution in [-0.2, 0) is 4.74 Å². The maximum Gasteiger partial charge on any atom is 0.345 e. The molecule has 8 heteroatoms. The molecule has 0 saturated heterocycles. The molecule has 0 aromatic carbocycles. The van der Waals surface area contributed by atoms with E-state index in [2.05, 4.69) is 10.3 Å². The molecule has 84 valence electrons. The van der Waals surface area contributed by atoms with E-state index in [9.17, 15) is 10.1 Å². The molecule has 0 unspecified atom stereocenters. The fourth-order valence-electron chi connectivity index (χ4n) is 0.828. The predicted octanol–water partition coefficient (Wildman–Crippen LogP) is 0.472. The minimum atomic E-state index is -0.481. The lowest BCUT2D eigenvalue weighted by molar-refractivity contribution is -0.380. The molecule has 0 spiro atoms. The van der Waals surface area contributed by atoms with E-state index in [0.29, 0.717) is 24.9 Å².